The second-order valence-electron chi connectivity index (χ2n) is 10.5. The molecule has 6 N–H and O–H groups in total. The number of amides is 3. The molecule has 238 valence electrons. The van der Waals surface area contributed by atoms with Crippen LogP contribution in [0.15, 0.2) is 6.33 Å². The molecule has 2 saturated heterocycles. The van der Waals surface area contributed by atoms with Gasteiger partial charge >= 0.3 is 18.7 Å². The molecule has 3 amide bonds. The Morgan fingerprint density at radius 1 is 1.35 bits per heavy atom. The average Bonchev–Trinajstić information content (AvgIpc) is 3.52. The zero-order valence-electron chi connectivity index (χ0n) is 24.3. The molecule has 43 heavy (non-hydrogen) atoms. The molecule has 20 heteroatoms. The Morgan fingerprint density at radius 3 is 2.65 bits per heavy atom. The number of nitrogens with two attached hydrogens (primary N) is 1. The molecule has 2 aliphatic rings. The second kappa shape index (κ2) is 12.5. The van der Waals surface area contributed by atoms with Gasteiger partial charge in [0.2, 0.25) is 11.8 Å². The first kappa shape index (κ1) is 32.8. The number of anilines is 1. The molecule has 3 unspecified atom stereocenters. The van der Waals surface area contributed by atoms with E-state index in [0.29, 0.717) is 11.4 Å². The molecule has 2 aromatic rings. The van der Waals surface area contributed by atoms with E-state index >= 15 is 0 Å². The van der Waals surface area contributed by atoms with Gasteiger partial charge in [0.15, 0.2) is 17.4 Å². The lowest BCUT2D eigenvalue weighted by molar-refractivity contribution is -0.149. The maximum Gasteiger partial charge on any atom is 0.327 e. The third-order valence-electron chi connectivity index (χ3n) is 6.80. The molecular weight excluding hydrogens is 611 g/mol. The highest BCUT2D eigenvalue weighted by atomic mass is 32.7. The zero-order chi connectivity index (χ0) is 31.9. The fraction of sp³-hybridized carbons (Fsp3) is 0.652. The van der Waals surface area contributed by atoms with Gasteiger partial charge in [-0.1, -0.05) is 11.4 Å². The lowest BCUT2D eigenvalue weighted by atomic mass is 9.96. The van der Waals surface area contributed by atoms with Crippen molar-refractivity contribution in [3.05, 3.63) is 6.33 Å². The summed E-state index contributed by atoms with van der Waals surface area (Å²) in [7, 11) is 2.79. The van der Waals surface area contributed by atoms with E-state index in [2.05, 4.69) is 25.4 Å². The van der Waals surface area contributed by atoms with Crippen molar-refractivity contribution in [2.24, 2.45) is 0 Å². The highest BCUT2D eigenvalue weighted by Gasteiger charge is 2.54. The maximum atomic E-state index is 14.0. The number of fused-ring (bicyclic) bond motifs is 1. The van der Waals surface area contributed by atoms with Crippen LogP contribution in [0, 0.1) is 0 Å². The Bertz CT molecular complexity index is 1440. The fourth-order valence-electron chi connectivity index (χ4n) is 4.46. The van der Waals surface area contributed by atoms with Crippen molar-refractivity contribution in [1.29, 1.82) is 0 Å². The molecule has 2 fully saturated rings. The van der Waals surface area contributed by atoms with Crippen LogP contribution in [-0.4, -0.2) is 115 Å². The van der Waals surface area contributed by atoms with E-state index in [0.717, 1.165) is 4.90 Å². The summed E-state index contributed by atoms with van der Waals surface area (Å²) < 4.78 is 37.5. The number of carbonyl (C=O) groups is 3. The molecule has 7 atom stereocenters. The maximum absolute atomic E-state index is 14.0. The standard InChI is InChI=1S/C23H35N8O10PS/c1-10(2)40-19(34)11(3)29-42(37,43-8-12-17(33)27-22(35)30(12)5)39-7-13-15(32)23(4,36)20(41-13)31-9-25-14-16(31)26-21(24)28-18(14)38-6/h9-13,15,20,32,36H,7-8H2,1-6H3,(H,29,37)(H2,24,26,28)(H,27,33,35)/t11-,12?,13?,15+,20+,23+,42?/m0/s1. The van der Waals surface area contributed by atoms with E-state index in [4.69, 9.17) is 24.5 Å². The van der Waals surface area contributed by atoms with Crippen molar-refractivity contribution in [2.45, 2.75) is 69.9 Å². The minimum atomic E-state index is -4.05. The number of methoxy groups -OCH3 is 1. The highest BCUT2D eigenvalue weighted by molar-refractivity contribution is 8.56. The summed E-state index contributed by atoms with van der Waals surface area (Å²) in [5.41, 5.74) is 4.27. The Morgan fingerprint density at radius 2 is 2.05 bits per heavy atom. The number of hydrogen-bond donors (Lipinski definition) is 5. The number of urea groups is 1. The van der Waals surface area contributed by atoms with E-state index in [1.165, 1.54) is 38.9 Å². The number of aliphatic hydroxyl groups excluding tert-OH is 1. The molecular formula is C23H35N8O10PS. The van der Waals surface area contributed by atoms with Crippen LogP contribution in [0.4, 0.5) is 10.7 Å². The smallest absolute Gasteiger partial charge is 0.327 e. The summed E-state index contributed by atoms with van der Waals surface area (Å²) in [6.07, 6.45) is -3.16. The number of nitrogen functional groups attached to an aromatic ring is 1. The van der Waals surface area contributed by atoms with Gasteiger partial charge in [-0.25, -0.2) is 14.9 Å². The van der Waals surface area contributed by atoms with Crippen LogP contribution in [0.3, 0.4) is 0 Å². The third kappa shape index (κ3) is 6.72. The number of carbonyl (C=O) groups excluding carboxylic acids is 3. The van der Waals surface area contributed by atoms with Gasteiger partial charge < -0.3 is 39.6 Å². The number of nitrogens with one attached hydrogen (secondary N) is 2. The lowest BCUT2D eigenvalue weighted by Gasteiger charge is -2.27. The summed E-state index contributed by atoms with van der Waals surface area (Å²) in [6.45, 7) is 1.49. The number of esters is 1. The molecule has 0 radical (unpaired) electrons. The van der Waals surface area contributed by atoms with E-state index in [9.17, 15) is 29.2 Å². The molecule has 0 spiro atoms. The number of hydrogen-bond acceptors (Lipinski definition) is 15. The number of nitrogens with zero attached hydrogens (tertiary/aromatic N) is 5. The molecule has 2 aliphatic heterocycles. The van der Waals surface area contributed by atoms with Gasteiger partial charge in [0, 0.05) is 12.8 Å². The SMILES string of the molecule is COc1nc(N)nc2c1ncn2[C@@H]1OC(COP(=O)(N[C@@H](C)C(=O)OC(C)C)SCC2C(=O)NC(=O)N2C)[C@@H](O)[C@@]1(C)O. The number of imidazole rings is 1. The van der Waals surface area contributed by atoms with E-state index in [1.54, 1.807) is 13.8 Å². The van der Waals surface area contributed by atoms with Crippen molar-refractivity contribution in [1.82, 2.24) is 34.8 Å². The number of ether oxygens (including phenoxy) is 3. The normalized spacial score (nSPS) is 27.9. The van der Waals surface area contributed by atoms with Crippen LogP contribution in [0.5, 0.6) is 5.88 Å². The molecule has 0 saturated carbocycles. The molecule has 0 bridgehead atoms. The summed E-state index contributed by atoms with van der Waals surface area (Å²) >= 11 is 0.686. The topological polar surface area (TPSA) is 243 Å². The van der Waals surface area contributed by atoms with Crippen molar-refractivity contribution in [3.63, 3.8) is 0 Å². The Hall–Kier alpha value is -3.06. The Kier molecular flexibility index (Phi) is 9.55. The minimum absolute atomic E-state index is 0.0942. The number of aromatic nitrogens is 4. The van der Waals surface area contributed by atoms with Crippen LogP contribution in [0.2, 0.25) is 0 Å². The van der Waals surface area contributed by atoms with Gasteiger partial charge in [0.25, 0.3) is 5.91 Å². The van der Waals surface area contributed by atoms with Gasteiger partial charge in [0.05, 0.1) is 26.1 Å². The third-order valence-corrected chi connectivity index (χ3v) is 10.9. The number of imide groups is 1. The Labute approximate surface area is 250 Å². The van der Waals surface area contributed by atoms with E-state index in [-0.39, 0.29) is 28.7 Å². The van der Waals surface area contributed by atoms with Crippen molar-refractivity contribution in [2.75, 3.05) is 32.3 Å². The van der Waals surface area contributed by atoms with Gasteiger partial charge in [-0.05, 0) is 27.7 Å². The van der Waals surface area contributed by atoms with Gasteiger partial charge in [-0.3, -0.25) is 24.0 Å². The van der Waals surface area contributed by atoms with Crippen molar-refractivity contribution >= 4 is 53.1 Å². The predicted octanol–water partition coefficient (Wildman–Crippen LogP) is -0.236. The monoisotopic (exact) mass is 646 g/mol. The molecule has 0 aromatic carbocycles. The Balaban J connectivity index is 1.54. The zero-order valence-corrected chi connectivity index (χ0v) is 26.0. The quantitative estimate of drug-likeness (QED) is 0.114. The first-order chi connectivity index (χ1) is 20.1. The predicted molar refractivity (Wildman–Crippen MR) is 152 cm³/mol. The summed E-state index contributed by atoms with van der Waals surface area (Å²) in [6, 6.07) is -2.66. The first-order valence-electron chi connectivity index (χ1n) is 13.1. The number of likely N-dealkylation sites (N-methyl/N-ethyl adjacent to an activating group) is 1. The van der Waals surface area contributed by atoms with Gasteiger partial charge in [-0.15, -0.1) is 0 Å². The first-order valence-corrected chi connectivity index (χ1v) is 16.3. The van der Waals surface area contributed by atoms with Crippen LogP contribution >= 0.6 is 18.1 Å². The minimum Gasteiger partial charge on any atom is -0.479 e. The summed E-state index contributed by atoms with van der Waals surface area (Å²) in [5, 5.41) is 27.1. The molecule has 4 rings (SSSR count). The van der Waals surface area contributed by atoms with E-state index < -0.39 is 73.5 Å². The van der Waals surface area contributed by atoms with E-state index in [1.807, 2.05) is 0 Å². The molecule has 4 heterocycles. The summed E-state index contributed by atoms with van der Waals surface area (Å²) in [4.78, 5) is 50.1. The average molecular weight is 647 g/mol. The van der Waals surface area contributed by atoms with Crippen LogP contribution in [0.25, 0.3) is 11.2 Å². The van der Waals surface area contributed by atoms with Crippen molar-refractivity contribution < 1.29 is 47.9 Å². The molecule has 0 aliphatic carbocycles. The van der Waals surface area contributed by atoms with Crippen LogP contribution < -0.4 is 20.9 Å². The second-order valence-corrected chi connectivity index (χ2v) is 14.8. The highest BCUT2D eigenvalue weighted by Crippen LogP contribution is 2.57. The summed E-state index contributed by atoms with van der Waals surface area (Å²) in [5.74, 6) is -1.46. The fourth-order valence-corrected chi connectivity index (χ4v) is 8.43. The molecule has 18 nitrogen and oxygen atoms in total. The van der Waals surface area contributed by atoms with Gasteiger partial charge in [0.1, 0.15) is 29.9 Å². The van der Waals surface area contributed by atoms with Gasteiger partial charge in [-0.2, -0.15) is 9.97 Å². The lowest BCUT2D eigenvalue weighted by Crippen LogP contribution is -2.44. The number of rotatable bonds is 12. The van der Waals surface area contributed by atoms with Crippen LogP contribution in [0.1, 0.15) is 33.9 Å². The number of aliphatic hydroxyl groups is 2. The van der Waals surface area contributed by atoms with Crippen LogP contribution in [-0.2, 0) is 28.2 Å². The molecule has 2 aromatic heterocycles. The van der Waals surface area contributed by atoms with Crippen molar-refractivity contribution in [3.8, 4) is 5.88 Å². The largest absolute Gasteiger partial charge is 0.479 e.